The molecule has 35 heavy (non-hydrogen) atoms. The summed E-state index contributed by atoms with van der Waals surface area (Å²) in [7, 11) is 5.59. The van der Waals surface area contributed by atoms with Crippen molar-refractivity contribution < 1.29 is 0 Å². The van der Waals surface area contributed by atoms with Crippen molar-refractivity contribution in [3.8, 4) is 0 Å². The minimum atomic E-state index is 0.354. The quantitative estimate of drug-likeness (QED) is 0.387. The summed E-state index contributed by atoms with van der Waals surface area (Å²) in [5, 5.41) is 11.5. The van der Waals surface area contributed by atoms with Gasteiger partial charge in [0, 0.05) is 62.1 Å². The number of rotatable bonds is 7. The lowest BCUT2D eigenvalue weighted by atomic mass is 10.0. The number of anilines is 3. The Morgan fingerprint density at radius 3 is 2.57 bits per heavy atom. The van der Waals surface area contributed by atoms with Gasteiger partial charge in [0.05, 0.1) is 17.2 Å². The lowest BCUT2D eigenvalue weighted by Crippen LogP contribution is -2.11. The molecular weight excluding hydrogens is 438 g/mol. The van der Waals surface area contributed by atoms with Crippen LogP contribution >= 0.6 is 0 Å². The number of hydrogen-bond acceptors (Lipinski definition) is 9. The largest absolute Gasteiger partial charge is 0.398 e. The van der Waals surface area contributed by atoms with E-state index in [2.05, 4.69) is 44.3 Å². The van der Waals surface area contributed by atoms with E-state index in [0.717, 1.165) is 39.1 Å². The first-order valence-electron chi connectivity index (χ1n) is 11.3. The Balaban J connectivity index is 1.73. The number of nitrogens with one attached hydrogen (secondary N) is 1. The molecule has 0 saturated carbocycles. The first kappa shape index (κ1) is 23.7. The minimum Gasteiger partial charge on any atom is -0.398 e. The Kier molecular flexibility index (Phi) is 6.96. The van der Waals surface area contributed by atoms with Gasteiger partial charge in [0.1, 0.15) is 11.6 Å². The SMILES string of the molecule is CN=CC(=C(N)c1ccnc(N(C)C)c1)c1cnc2ccc(Nc3cc(C(C)C)cnn3)nc2c1. The molecular formula is C26H29N9. The molecule has 0 aliphatic heterocycles. The minimum absolute atomic E-state index is 0.354. The van der Waals surface area contributed by atoms with Crippen LogP contribution in [0.5, 0.6) is 0 Å². The number of fused-ring (bicyclic) bond motifs is 1. The van der Waals surface area contributed by atoms with Crippen molar-refractivity contribution in [2.24, 2.45) is 10.7 Å². The van der Waals surface area contributed by atoms with E-state index < -0.39 is 0 Å². The number of allylic oxidation sites excluding steroid dienone is 1. The smallest absolute Gasteiger partial charge is 0.154 e. The lowest BCUT2D eigenvalue weighted by Gasteiger charge is -2.14. The van der Waals surface area contributed by atoms with Crippen molar-refractivity contribution in [3.63, 3.8) is 0 Å². The maximum absolute atomic E-state index is 6.61. The number of aliphatic imine (C=N–C) groups is 1. The summed E-state index contributed by atoms with van der Waals surface area (Å²) >= 11 is 0. The van der Waals surface area contributed by atoms with Gasteiger partial charge in [-0.3, -0.25) is 9.98 Å². The van der Waals surface area contributed by atoms with Gasteiger partial charge < -0.3 is 16.0 Å². The Hall–Kier alpha value is -4.40. The summed E-state index contributed by atoms with van der Waals surface area (Å²) in [6.45, 7) is 4.23. The third-order valence-corrected chi connectivity index (χ3v) is 5.51. The monoisotopic (exact) mass is 467 g/mol. The van der Waals surface area contributed by atoms with Crippen molar-refractivity contribution in [1.29, 1.82) is 0 Å². The Morgan fingerprint density at radius 1 is 1.00 bits per heavy atom. The van der Waals surface area contributed by atoms with Crippen molar-refractivity contribution >= 4 is 46.0 Å². The van der Waals surface area contributed by atoms with Crippen LogP contribution in [0.15, 0.2) is 60.0 Å². The van der Waals surface area contributed by atoms with Crippen LogP contribution in [-0.2, 0) is 0 Å². The molecule has 0 atom stereocenters. The summed E-state index contributed by atoms with van der Waals surface area (Å²) in [5.41, 5.74) is 12.2. The van der Waals surface area contributed by atoms with Gasteiger partial charge in [0.25, 0.3) is 0 Å². The van der Waals surface area contributed by atoms with E-state index in [4.69, 9.17) is 10.7 Å². The van der Waals surface area contributed by atoms with E-state index >= 15 is 0 Å². The molecule has 0 unspecified atom stereocenters. The molecule has 4 rings (SSSR count). The molecule has 4 heterocycles. The van der Waals surface area contributed by atoms with E-state index in [1.165, 1.54) is 0 Å². The fourth-order valence-electron chi connectivity index (χ4n) is 3.53. The van der Waals surface area contributed by atoms with Crippen molar-refractivity contribution in [2.45, 2.75) is 19.8 Å². The third-order valence-electron chi connectivity index (χ3n) is 5.51. The highest BCUT2D eigenvalue weighted by atomic mass is 15.2. The first-order chi connectivity index (χ1) is 16.9. The van der Waals surface area contributed by atoms with Crippen LogP contribution in [-0.4, -0.2) is 52.5 Å². The molecule has 0 aromatic carbocycles. The molecule has 0 aliphatic carbocycles. The molecule has 0 aliphatic rings. The van der Waals surface area contributed by atoms with Gasteiger partial charge in [-0.05, 0) is 47.9 Å². The van der Waals surface area contributed by atoms with Crippen LogP contribution in [0.3, 0.4) is 0 Å². The summed E-state index contributed by atoms with van der Waals surface area (Å²) in [6.07, 6.45) is 7.04. The molecule has 4 aromatic heterocycles. The Bertz CT molecular complexity index is 1410. The zero-order chi connectivity index (χ0) is 24.9. The molecule has 4 aromatic rings. The summed E-state index contributed by atoms with van der Waals surface area (Å²) in [6, 6.07) is 11.6. The molecule has 0 radical (unpaired) electrons. The second-order valence-electron chi connectivity index (χ2n) is 8.62. The average molecular weight is 468 g/mol. The summed E-state index contributed by atoms with van der Waals surface area (Å²) in [5.74, 6) is 2.47. The molecule has 9 heteroatoms. The molecule has 0 amide bonds. The van der Waals surface area contributed by atoms with Crippen molar-refractivity contribution in [2.75, 3.05) is 31.4 Å². The van der Waals surface area contributed by atoms with Crippen molar-refractivity contribution in [3.05, 3.63) is 71.7 Å². The highest BCUT2D eigenvalue weighted by Gasteiger charge is 2.12. The second-order valence-corrected chi connectivity index (χ2v) is 8.62. The van der Waals surface area contributed by atoms with Gasteiger partial charge in [-0.25, -0.2) is 9.97 Å². The van der Waals surface area contributed by atoms with Gasteiger partial charge >= 0.3 is 0 Å². The van der Waals surface area contributed by atoms with Gasteiger partial charge in [-0.15, -0.1) is 5.10 Å². The van der Waals surface area contributed by atoms with Gasteiger partial charge in [0.2, 0.25) is 0 Å². The van der Waals surface area contributed by atoms with Gasteiger partial charge in [-0.1, -0.05) is 13.8 Å². The van der Waals surface area contributed by atoms with Gasteiger partial charge in [-0.2, -0.15) is 5.10 Å². The zero-order valence-electron chi connectivity index (χ0n) is 20.6. The van der Waals surface area contributed by atoms with E-state index in [-0.39, 0.29) is 0 Å². The van der Waals surface area contributed by atoms with Crippen LogP contribution in [0.4, 0.5) is 17.5 Å². The maximum atomic E-state index is 6.61. The molecule has 178 valence electrons. The van der Waals surface area contributed by atoms with Crippen LogP contribution < -0.4 is 16.0 Å². The van der Waals surface area contributed by atoms with E-state index in [1.807, 2.05) is 55.4 Å². The first-order valence-corrected chi connectivity index (χ1v) is 11.3. The maximum Gasteiger partial charge on any atom is 0.154 e. The number of nitrogens with zero attached hydrogens (tertiary/aromatic N) is 7. The Labute approximate surface area is 204 Å². The molecule has 0 spiro atoms. The van der Waals surface area contributed by atoms with E-state index in [9.17, 15) is 0 Å². The van der Waals surface area contributed by atoms with Crippen LogP contribution in [0.1, 0.15) is 36.5 Å². The predicted octanol–water partition coefficient (Wildman–Crippen LogP) is 4.28. The number of nitrogens with two attached hydrogens (primary N) is 1. The van der Waals surface area contributed by atoms with Crippen LogP contribution in [0.25, 0.3) is 22.3 Å². The fourth-order valence-corrected chi connectivity index (χ4v) is 3.53. The Morgan fingerprint density at radius 2 is 1.83 bits per heavy atom. The van der Waals surface area contributed by atoms with Gasteiger partial charge in [0.15, 0.2) is 5.82 Å². The van der Waals surface area contributed by atoms with E-state index in [0.29, 0.717) is 23.3 Å². The molecule has 3 N–H and O–H groups in total. The van der Waals surface area contributed by atoms with Crippen LogP contribution in [0, 0.1) is 0 Å². The molecule has 9 nitrogen and oxygen atoms in total. The lowest BCUT2D eigenvalue weighted by molar-refractivity contribution is 0.843. The molecule has 0 bridgehead atoms. The standard InChI is InChI=1S/C26H29N9/c1-16(2)18-11-24(34-31-14-18)33-23-7-6-21-22(32-23)10-19(13-30-21)20(15-28-3)26(27)17-8-9-29-25(12-17)35(4)5/h6-16H,27H2,1-5H3,(H,32,33,34). The topological polar surface area (TPSA) is 118 Å². The second kappa shape index (κ2) is 10.3. The van der Waals surface area contributed by atoms with Crippen LogP contribution in [0.2, 0.25) is 0 Å². The van der Waals surface area contributed by atoms with Crippen molar-refractivity contribution in [1.82, 2.24) is 25.1 Å². The number of pyridine rings is 3. The summed E-state index contributed by atoms with van der Waals surface area (Å²) in [4.78, 5) is 19.9. The molecule has 0 fully saturated rings. The average Bonchev–Trinajstić information content (AvgIpc) is 2.86. The highest BCUT2D eigenvalue weighted by molar-refractivity contribution is 6.19. The summed E-state index contributed by atoms with van der Waals surface area (Å²) < 4.78 is 0. The number of hydrogen-bond donors (Lipinski definition) is 2. The fraction of sp³-hybridized carbons (Fsp3) is 0.231. The normalized spacial score (nSPS) is 12.3. The number of aromatic nitrogens is 5. The zero-order valence-corrected chi connectivity index (χ0v) is 20.6. The highest BCUT2D eigenvalue weighted by Crippen LogP contribution is 2.26. The molecule has 0 saturated heterocycles. The third kappa shape index (κ3) is 5.40. The van der Waals surface area contributed by atoms with E-state index in [1.54, 1.807) is 31.9 Å². The predicted molar refractivity (Wildman–Crippen MR) is 143 cm³/mol.